The fourth-order valence-electron chi connectivity index (χ4n) is 2.53. The molecule has 1 aromatic carbocycles. The van der Waals surface area contributed by atoms with E-state index in [9.17, 15) is 4.79 Å². The molecule has 5 nitrogen and oxygen atoms in total. The first kappa shape index (κ1) is 18.3. The lowest BCUT2D eigenvalue weighted by atomic mass is 9.91. The van der Waals surface area contributed by atoms with Gasteiger partial charge in [-0.1, -0.05) is 13.3 Å². The van der Waals surface area contributed by atoms with Gasteiger partial charge in [-0.3, -0.25) is 4.79 Å². The number of aryl methyl sites for hydroxylation is 1. The topological polar surface area (TPSA) is 70.8 Å². The van der Waals surface area contributed by atoms with Crippen LogP contribution in [0.1, 0.15) is 31.7 Å². The second kappa shape index (κ2) is 9.30. The summed E-state index contributed by atoms with van der Waals surface area (Å²) < 4.78 is 15.3. The van der Waals surface area contributed by atoms with E-state index in [-0.39, 0.29) is 5.97 Å². The van der Waals surface area contributed by atoms with Crippen LogP contribution < -0.4 is 15.2 Å². The standard InChI is InChI=1S/C17H27NO4/c1-5-12(10-15(18)17(19)22-4)6-7-13-11-14(20-2)8-9-16(13)21-3/h8-9,11-12,15H,5-7,10,18H2,1-4H3. The number of hydrogen-bond acceptors (Lipinski definition) is 5. The molecule has 0 aromatic heterocycles. The van der Waals surface area contributed by atoms with Crippen molar-refractivity contribution in [1.29, 1.82) is 0 Å². The minimum Gasteiger partial charge on any atom is -0.497 e. The van der Waals surface area contributed by atoms with Gasteiger partial charge in [0.15, 0.2) is 0 Å². The molecule has 22 heavy (non-hydrogen) atoms. The predicted octanol–water partition coefficient (Wildman–Crippen LogP) is 2.55. The Labute approximate surface area is 132 Å². The van der Waals surface area contributed by atoms with E-state index in [2.05, 4.69) is 11.7 Å². The van der Waals surface area contributed by atoms with Crippen molar-refractivity contribution < 1.29 is 19.0 Å². The van der Waals surface area contributed by atoms with Gasteiger partial charge in [-0.2, -0.15) is 0 Å². The van der Waals surface area contributed by atoms with E-state index in [0.29, 0.717) is 12.3 Å². The van der Waals surface area contributed by atoms with Crippen LogP contribution in [0.4, 0.5) is 0 Å². The van der Waals surface area contributed by atoms with Crippen LogP contribution in [0.25, 0.3) is 0 Å². The molecule has 0 radical (unpaired) electrons. The predicted molar refractivity (Wildman–Crippen MR) is 86.3 cm³/mol. The number of carbonyl (C=O) groups excluding carboxylic acids is 1. The molecule has 0 saturated carbocycles. The molecule has 0 fully saturated rings. The quantitative estimate of drug-likeness (QED) is 0.710. The van der Waals surface area contributed by atoms with E-state index < -0.39 is 6.04 Å². The third-order valence-corrected chi connectivity index (χ3v) is 3.98. The Kier molecular flexibility index (Phi) is 7.74. The van der Waals surface area contributed by atoms with E-state index in [0.717, 1.165) is 36.3 Å². The Hall–Kier alpha value is -1.75. The summed E-state index contributed by atoms with van der Waals surface area (Å²) in [6.45, 7) is 2.11. The van der Waals surface area contributed by atoms with Crippen molar-refractivity contribution in [2.24, 2.45) is 11.7 Å². The van der Waals surface area contributed by atoms with Gasteiger partial charge in [0, 0.05) is 0 Å². The van der Waals surface area contributed by atoms with Gasteiger partial charge in [0.05, 0.1) is 21.3 Å². The van der Waals surface area contributed by atoms with Gasteiger partial charge in [0.25, 0.3) is 0 Å². The highest BCUT2D eigenvalue weighted by Gasteiger charge is 2.19. The first-order valence-corrected chi connectivity index (χ1v) is 7.59. The molecule has 1 aromatic rings. The Morgan fingerprint density at radius 2 is 1.95 bits per heavy atom. The van der Waals surface area contributed by atoms with Crippen molar-refractivity contribution in [1.82, 2.24) is 0 Å². The highest BCUT2D eigenvalue weighted by molar-refractivity contribution is 5.75. The van der Waals surface area contributed by atoms with Crippen LogP contribution in [-0.4, -0.2) is 33.3 Å². The lowest BCUT2D eigenvalue weighted by Crippen LogP contribution is -2.33. The fraction of sp³-hybridized carbons (Fsp3) is 0.588. The lowest BCUT2D eigenvalue weighted by molar-refractivity contribution is -0.142. The van der Waals surface area contributed by atoms with Crippen LogP contribution in [0.5, 0.6) is 11.5 Å². The number of ether oxygens (including phenoxy) is 3. The molecule has 0 heterocycles. The molecule has 124 valence electrons. The summed E-state index contributed by atoms with van der Waals surface area (Å²) in [6.07, 6.45) is 3.39. The smallest absolute Gasteiger partial charge is 0.322 e. The summed E-state index contributed by atoms with van der Waals surface area (Å²) in [7, 11) is 4.68. The van der Waals surface area contributed by atoms with E-state index >= 15 is 0 Å². The van der Waals surface area contributed by atoms with Gasteiger partial charge in [-0.15, -0.1) is 0 Å². The van der Waals surface area contributed by atoms with E-state index in [1.54, 1.807) is 14.2 Å². The molecule has 0 aliphatic rings. The molecule has 2 N–H and O–H groups in total. The first-order chi connectivity index (χ1) is 10.5. The highest BCUT2D eigenvalue weighted by Crippen LogP contribution is 2.27. The van der Waals surface area contributed by atoms with Crippen LogP contribution in [-0.2, 0) is 16.0 Å². The number of rotatable bonds is 9. The number of nitrogens with two attached hydrogens (primary N) is 1. The number of benzene rings is 1. The second-order valence-corrected chi connectivity index (χ2v) is 5.36. The zero-order valence-electron chi connectivity index (χ0n) is 13.9. The van der Waals surface area contributed by atoms with Crippen molar-refractivity contribution in [3.05, 3.63) is 23.8 Å². The molecule has 0 aliphatic heterocycles. The monoisotopic (exact) mass is 309 g/mol. The van der Waals surface area contributed by atoms with Crippen molar-refractivity contribution in [2.75, 3.05) is 21.3 Å². The van der Waals surface area contributed by atoms with Crippen molar-refractivity contribution >= 4 is 5.97 Å². The zero-order chi connectivity index (χ0) is 16.5. The molecule has 1 rings (SSSR count). The molecular formula is C17H27NO4. The summed E-state index contributed by atoms with van der Waals surface area (Å²) >= 11 is 0. The molecule has 2 atom stereocenters. The Morgan fingerprint density at radius 1 is 1.23 bits per heavy atom. The SMILES string of the molecule is CCC(CCc1cc(OC)ccc1OC)CC(N)C(=O)OC. The first-order valence-electron chi connectivity index (χ1n) is 7.59. The summed E-state index contributed by atoms with van der Waals surface area (Å²) in [5.41, 5.74) is 6.96. The van der Waals surface area contributed by atoms with E-state index in [1.807, 2.05) is 18.2 Å². The zero-order valence-corrected chi connectivity index (χ0v) is 13.9. The highest BCUT2D eigenvalue weighted by atomic mass is 16.5. The second-order valence-electron chi connectivity index (χ2n) is 5.36. The van der Waals surface area contributed by atoms with Crippen molar-refractivity contribution in [3.8, 4) is 11.5 Å². The van der Waals surface area contributed by atoms with E-state index in [4.69, 9.17) is 15.2 Å². The van der Waals surface area contributed by atoms with Crippen molar-refractivity contribution in [3.63, 3.8) is 0 Å². The Bertz CT molecular complexity index is 476. The third kappa shape index (κ3) is 5.22. The maximum atomic E-state index is 11.4. The van der Waals surface area contributed by atoms with Crippen molar-refractivity contribution in [2.45, 2.75) is 38.6 Å². The average molecular weight is 309 g/mol. The van der Waals surface area contributed by atoms with Crippen LogP contribution in [0.2, 0.25) is 0 Å². The molecule has 0 aliphatic carbocycles. The minimum absolute atomic E-state index is 0.350. The molecule has 2 unspecified atom stereocenters. The molecule has 0 amide bonds. The summed E-state index contributed by atoms with van der Waals surface area (Å²) in [5, 5.41) is 0. The van der Waals surface area contributed by atoms with Gasteiger partial charge in [-0.05, 0) is 48.9 Å². The van der Waals surface area contributed by atoms with Crippen LogP contribution in [0.3, 0.4) is 0 Å². The minimum atomic E-state index is -0.554. The number of hydrogen-bond donors (Lipinski definition) is 1. The van der Waals surface area contributed by atoms with Gasteiger partial charge < -0.3 is 19.9 Å². The maximum absolute atomic E-state index is 11.4. The summed E-state index contributed by atoms with van der Waals surface area (Å²) in [6, 6.07) is 5.23. The normalized spacial score (nSPS) is 13.3. The lowest BCUT2D eigenvalue weighted by Gasteiger charge is -2.19. The van der Waals surface area contributed by atoms with Gasteiger partial charge >= 0.3 is 5.97 Å². The Morgan fingerprint density at radius 3 is 2.50 bits per heavy atom. The molecular weight excluding hydrogens is 282 g/mol. The van der Waals surface area contributed by atoms with Gasteiger partial charge in [-0.25, -0.2) is 0 Å². The maximum Gasteiger partial charge on any atom is 0.322 e. The molecule has 5 heteroatoms. The average Bonchev–Trinajstić information content (AvgIpc) is 2.56. The number of carbonyl (C=O) groups is 1. The summed E-state index contributed by atoms with van der Waals surface area (Å²) in [4.78, 5) is 11.4. The molecule has 0 saturated heterocycles. The molecule has 0 bridgehead atoms. The molecule has 0 spiro atoms. The van der Waals surface area contributed by atoms with Gasteiger partial charge in [0.2, 0.25) is 0 Å². The van der Waals surface area contributed by atoms with E-state index in [1.165, 1.54) is 7.11 Å². The fourth-order valence-corrected chi connectivity index (χ4v) is 2.53. The number of methoxy groups -OCH3 is 3. The van der Waals surface area contributed by atoms with Crippen LogP contribution in [0.15, 0.2) is 18.2 Å². The van der Waals surface area contributed by atoms with Crippen LogP contribution in [0, 0.1) is 5.92 Å². The Balaban J connectivity index is 2.68. The summed E-state index contributed by atoms with van der Waals surface area (Å²) in [5.74, 6) is 1.69. The van der Waals surface area contributed by atoms with Gasteiger partial charge in [0.1, 0.15) is 17.5 Å². The largest absolute Gasteiger partial charge is 0.497 e. The van der Waals surface area contributed by atoms with Crippen LogP contribution >= 0.6 is 0 Å². The third-order valence-electron chi connectivity index (χ3n) is 3.98. The number of esters is 1.